The minimum absolute atomic E-state index is 0.0714. The van der Waals surface area contributed by atoms with Crippen molar-refractivity contribution in [3.63, 3.8) is 0 Å². The van der Waals surface area contributed by atoms with Crippen molar-refractivity contribution in [2.24, 2.45) is 0 Å². The molecule has 4 aromatic rings. The van der Waals surface area contributed by atoms with Crippen molar-refractivity contribution < 1.29 is 29.7 Å². The maximum Gasteiger partial charge on any atom is 0.153 e. The van der Waals surface area contributed by atoms with E-state index in [0.29, 0.717) is 30.0 Å². The lowest BCUT2D eigenvalue weighted by Gasteiger charge is -2.33. The Balaban J connectivity index is 1.88. The zero-order valence-corrected chi connectivity index (χ0v) is 21.3. The number of aromatic hydroxyl groups is 3. The second-order valence-corrected chi connectivity index (χ2v) is 10.0. The molecule has 6 nitrogen and oxygen atoms in total. The molecule has 0 aliphatic heterocycles. The summed E-state index contributed by atoms with van der Waals surface area (Å²) in [4.78, 5) is 34.6. The monoisotopic (exact) mass is 508 g/mol. The van der Waals surface area contributed by atoms with E-state index < -0.39 is 10.8 Å². The van der Waals surface area contributed by atoms with Crippen LogP contribution in [0.1, 0.15) is 79.7 Å². The summed E-state index contributed by atoms with van der Waals surface area (Å²) >= 11 is 0. The van der Waals surface area contributed by atoms with E-state index in [1.54, 1.807) is 36.4 Å². The van der Waals surface area contributed by atoms with Gasteiger partial charge in [0.15, 0.2) is 18.9 Å². The van der Waals surface area contributed by atoms with Crippen LogP contribution in [0, 0.1) is 0 Å². The van der Waals surface area contributed by atoms with Gasteiger partial charge in [0, 0.05) is 10.8 Å². The van der Waals surface area contributed by atoms with Crippen LogP contribution < -0.4 is 0 Å². The van der Waals surface area contributed by atoms with Crippen LogP contribution >= 0.6 is 0 Å². The van der Waals surface area contributed by atoms with Gasteiger partial charge in [-0.2, -0.15) is 0 Å². The molecule has 4 aromatic carbocycles. The van der Waals surface area contributed by atoms with Gasteiger partial charge < -0.3 is 15.3 Å². The van der Waals surface area contributed by atoms with Gasteiger partial charge >= 0.3 is 0 Å². The zero-order chi connectivity index (χ0) is 27.7. The third-order valence-corrected chi connectivity index (χ3v) is 7.52. The number of hydrogen-bond donors (Lipinski definition) is 3. The predicted molar refractivity (Wildman–Crippen MR) is 145 cm³/mol. The lowest BCUT2D eigenvalue weighted by atomic mass is 9.69. The van der Waals surface area contributed by atoms with Crippen molar-refractivity contribution in [2.75, 3.05) is 0 Å². The lowest BCUT2D eigenvalue weighted by molar-refractivity contribution is 0.111. The largest absolute Gasteiger partial charge is 0.507 e. The molecule has 0 aliphatic rings. The third-order valence-electron chi connectivity index (χ3n) is 7.52. The minimum Gasteiger partial charge on any atom is -0.507 e. The topological polar surface area (TPSA) is 112 Å². The van der Waals surface area contributed by atoms with Gasteiger partial charge in [-0.05, 0) is 71.1 Å². The third kappa shape index (κ3) is 4.45. The minimum atomic E-state index is -0.858. The van der Waals surface area contributed by atoms with Crippen LogP contribution in [0.5, 0.6) is 17.2 Å². The van der Waals surface area contributed by atoms with Crippen molar-refractivity contribution in [3.05, 3.63) is 123 Å². The Kier molecular flexibility index (Phi) is 6.92. The van der Waals surface area contributed by atoms with E-state index in [-0.39, 0.29) is 33.9 Å². The number of hydrogen-bond acceptors (Lipinski definition) is 6. The van der Waals surface area contributed by atoms with Gasteiger partial charge in [0.2, 0.25) is 0 Å². The summed E-state index contributed by atoms with van der Waals surface area (Å²) < 4.78 is 0. The van der Waals surface area contributed by atoms with E-state index in [4.69, 9.17) is 0 Å². The molecule has 0 spiro atoms. The SMILES string of the molecule is CC(C)(c1ccc(C(C)(c2ccc(O)c(C=O)c2)c2ccc(O)c(C=O)c2)cc1)c1ccc(O)c(C=O)c1. The molecule has 4 rings (SSSR count). The average Bonchev–Trinajstić information content (AvgIpc) is 2.93. The molecule has 0 fully saturated rings. The Bertz CT molecular complexity index is 1480. The van der Waals surface area contributed by atoms with E-state index in [0.717, 1.165) is 16.7 Å². The summed E-state index contributed by atoms with van der Waals surface area (Å²) in [6, 6.07) is 22.5. The van der Waals surface area contributed by atoms with Crippen LogP contribution in [-0.4, -0.2) is 34.2 Å². The molecule has 0 saturated carbocycles. The van der Waals surface area contributed by atoms with Gasteiger partial charge in [-0.25, -0.2) is 0 Å². The van der Waals surface area contributed by atoms with Gasteiger partial charge in [0.1, 0.15) is 17.2 Å². The van der Waals surface area contributed by atoms with Crippen molar-refractivity contribution >= 4 is 18.9 Å². The molecule has 0 bridgehead atoms. The lowest BCUT2D eigenvalue weighted by Crippen LogP contribution is -2.26. The average molecular weight is 509 g/mol. The van der Waals surface area contributed by atoms with Gasteiger partial charge in [0.05, 0.1) is 16.7 Å². The Morgan fingerprint density at radius 1 is 0.474 bits per heavy atom. The highest BCUT2D eigenvalue weighted by molar-refractivity contribution is 5.81. The van der Waals surface area contributed by atoms with Crippen LogP contribution in [-0.2, 0) is 10.8 Å². The summed E-state index contributed by atoms with van der Waals surface area (Å²) in [5, 5.41) is 30.1. The molecule has 0 atom stereocenters. The highest BCUT2D eigenvalue weighted by Gasteiger charge is 2.33. The Labute approximate surface area is 220 Å². The summed E-state index contributed by atoms with van der Waals surface area (Å²) in [7, 11) is 0. The maximum absolute atomic E-state index is 11.6. The fraction of sp³-hybridized carbons (Fsp3) is 0.156. The molecule has 0 aromatic heterocycles. The molecule has 0 aliphatic carbocycles. The van der Waals surface area contributed by atoms with Crippen LogP contribution in [0.15, 0.2) is 78.9 Å². The van der Waals surface area contributed by atoms with E-state index >= 15 is 0 Å². The van der Waals surface area contributed by atoms with E-state index in [1.807, 2.05) is 45.0 Å². The van der Waals surface area contributed by atoms with Crippen molar-refractivity contribution in [3.8, 4) is 17.2 Å². The first kappa shape index (κ1) is 26.4. The van der Waals surface area contributed by atoms with E-state index in [2.05, 4.69) is 0 Å². The molecule has 6 heteroatoms. The highest BCUT2D eigenvalue weighted by atomic mass is 16.3. The number of phenols is 3. The van der Waals surface area contributed by atoms with Gasteiger partial charge in [-0.15, -0.1) is 0 Å². The first-order valence-electron chi connectivity index (χ1n) is 12.0. The molecule has 0 amide bonds. The first-order chi connectivity index (χ1) is 18.1. The van der Waals surface area contributed by atoms with E-state index in [1.165, 1.54) is 18.2 Å². The Morgan fingerprint density at radius 3 is 1.18 bits per heavy atom. The molecule has 0 heterocycles. The Morgan fingerprint density at radius 2 is 0.789 bits per heavy atom. The zero-order valence-electron chi connectivity index (χ0n) is 21.3. The van der Waals surface area contributed by atoms with Crippen LogP contribution in [0.4, 0.5) is 0 Å². The van der Waals surface area contributed by atoms with Crippen LogP contribution in [0.2, 0.25) is 0 Å². The van der Waals surface area contributed by atoms with E-state index in [9.17, 15) is 29.7 Å². The number of carbonyl (C=O) groups excluding carboxylic acids is 3. The molecule has 0 saturated heterocycles. The fourth-order valence-corrected chi connectivity index (χ4v) is 4.84. The number of phenolic OH excluding ortho intramolecular Hbond substituents is 3. The predicted octanol–water partition coefficient (Wildman–Crippen LogP) is 5.92. The normalized spacial score (nSPS) is 11.7. The quantitative estimate of drug-likeness (QED) is 0.201. The number of rotatable bonds is 8. The van der Waals surface area contributed by atoms with Gasteiger partial charge in [-0.3, -0.25) is 14.4 Å². The Hall–Kier alpha value is -4.71. The highest BCUT2D eigenvalue weighted by Crippen LogP contribution is 2.42. The first-order valence-corrected chi connectivity index (χ1v) is 12.0. The van der Waals surface area contributed by atoms with Gasteiger partial charge in [0.25, 0.3) is 0 Å². The maximum atomic E-state index is 11.6. The number of benzene rings is 4. The van der Waals surface area contributed by atoms with Crippen molar-refractivity contribution in [1.29, 1.82) is 0 Å². The van der Waals surface area contributed by atoms with Crippen molar-refractivity contribution in [1.82, 2.24) is 0 Å². The molecule has 3 N–H and O–H groups in total. The molecule has 38 heavy (non-hydrogen) atoms. The summed E-state index contributed by atoms with van der Waals surface area (Å²) in [6.07, 6.45) is 1.80. The molecule has 192 valence electrons. The fourth-order valence-electron chi connectivity index (χ4n) is 4.84. The standard InChI is InChI=1S/C32H28O6/c1-31(2,25-8-11-28(36)20(14-25)17-33)23-4-6-24(7-5-23)32(3,26-9-12-29(37)21(15-26)18-34)27-10-13-30(38)22(16-27)19-35/h4-19,36-38H,1-3H3. The summed E-state index contributed by atoms with van der Waals surface area (Å²) in [5.74, 6) is -0.338. The van der Waals surface area contributed by atoms with Crippen LogP contribution in [0.25, 0.3) is 0 Å². The van der Waals surface area contributed by atoms with Crippen molar-refractivity contribution in [2.45, 2.75) is 31.6 Å². The smallest absolute Gasteiger partial charge is 0.153 e. The number of aldehydes is 3. The second-order valence-electron chi connectivity index (χ2n) is 10.0. The summed E-state index contributed by atoms with van der Waals surface area (Å²) in [5.41, 5.74) is 3.23. The molecular weight excluding hydrogens is 480 g/mol. The molecular formula is C32H28O6. The van der Waals surface area contributed by atoms with Crippen LogP contribution in [0.3, 0.4) is 0 Å². The number of carbonyl (C=O) groups is 3. The molecule has 0 unspecified atom stereocenters. The summed E-state index contributed by atoms with van der Waals surface area (Å²) in [6.45, 7) is 6.00. The van der Waals surface area contributed by atoms with Gasteiger partial charge in [-0.1, -0.05) is 56.3 Å². The second kappa shape index (κ2) is 9.98. The molecule has 0 radical (unpaired) electrons.